The summed E-state index contributed by atoms with van der Waals surface area (Å²) < 4.78 is 0. The SMILES string of the molecule is C=N/C(=C/N)C(=N)/C=C\C. The number of hydrogen-bond acceptors (Lipinski definition) is 3. The maximum atomic E-state index is 7.28. The van der Waals surface area contributed by atoms with Gasteiger partial charge in [0.1, 0.15) is 5.70 Å². The molecule has 3 nitrogen and oxygen atoms in total. The van der Waals surface area contributed by atoms with Crippen molar-refractivity contribution in [3.05, 3.63) is 24.0 Å². The number of aliphatic imine (C=N–C) groups is 1. The van der Waals surface area contributed by atoms with Crippen molar-refractivity contribution in [3.8, 4) is 0 Å². The third kappa shape index (κ3) is 2.26. The fourth-order valence-electron chi connectivity index (χ4n) is 0.480. The maximum Gasteiger partial charge on any atom is 0.103 e. The number of allylic oxidation sites excluding steroid dienone is 2. The van der Waals surface area contributed by atoms with Gasteiger partial charge in [-0.2, -0.15) is 0 Å². The van der Waals surface area contributed by atoms with Gasteiger partial charge < -0.3 is 5.73 Å². The van der Waals surface area contributed by atoms with E-state index in [-0.39, 0.29) is 5.71 Å². The number of rotatable bonds is 3. The van der Waals surface area contributed by atoms with Crippen molar-refractivity contribution < 1.29 is 0 Å². The first-order valence-corrected chi connectivity index (χ1v) is 2.86. The van der Waals surface area contributed by atoms with Crippen molar-refractivity contribution in [2.24, 2.45) is 10.7 Å². The van der Waals surface area contributed by atoms with Crippen LogP contribution < -0.4 is 5.73 Å². The Morgan fingerprint density at radius 2 is 2.30 bits per heavy atom. The van der Waals surface area contributed by atoms with Crippen molar-refractivity contribution in [2.75, 3.05) is 0 Å². The van der Waals surface area contributed by atoms with E-state index in [0.29, 0.717) is 5.70 Å². The van der Waals surface area contributed by atoms with Crippen LogP contribution in [0.5, 0.6) is 0 Å². The number of nitrogens with one attached hydrogen (secondary N) is 1. The third-order valence-electron chi connectivity index (χ3n) is 0.937. The molecule has 0 bridgehead atoms. The fourth-order valence-corrected chi connectivity index (χ4v) is 0.480. The number of nitrogens with two attached hydrogens (primary N) is 1. The Hall–Kier alpha value is -1.38. The molecule has 0 aliphatic heterocycles. The molecular weight excluding hydrogens is 126 g/mol. The largest absolute Gasteiger partial charge is 0.403 e. The number of hydrogen-bond donors (Lipinski definition) is 2. The van der Waals surface area contributed by atoms with Crippen LogP contribution in [-0.4, -0.2) is 12.4 Å². The van der Waals surface area contributed by atoms with Gasteiger partial charge >= 0.3 is 0 Å². The molecule has 0 radical (unpaired) electrons. The van der Waals surface area contributed by atoms with E-state index in [1.807, 2.05) is 6.92 Å². The summed E-state index contributed by atoms with van der Waals surface area (Å²) in [5.74, 6) is 0. The molecule has 0 aliphatic rings. The monoisotopic (exact) mass is 137 g/mol. The average Bonchev–Trinajstić information content (AvgIpc) is 1.91. The van der Waals surface area contributed by atoms with E-state index in [4.69, 9.17) is 11.1 Å². The first-order chi connectivity index (χ1) is 4.76. The minimum absolute atomic E-state index is 0.278. The fraction of sp³-hybridized carbons (Fsp3) is 0.143. The van der Waals surface area contributed by atoms with Crippen molar-refractivity contribution in [1.29, 1.82) is 5.41 Å². The van der Waals surface area contributed by atoms with Crippen molar-refractivity contribution in [1.82, 2.24) is 0 Å². The normalized spacial score (nSPS) is 11.9. The summed E-state index contributed by atoms with van der Waals surface area (Å²) in [5.41, 5.74) is 5.82. The second-order valence-corrected chi connectivity index (χ2v) is 1.62. The Kier molecular flexibility index (Phi) is 3.87. The molecule has 54 valence electrons. The van der Waals surface area contributed by atoms with Gasteiger partial charge in [0.2, 0.25) is 0 Å². The van der Waals surface area contributed by atoms with E-state index in [2.05, 4.69) is 11.7 Å². The Morgan fingerprint density at radius 3 is 2.60 bits per heavy atom. The molecule has 0 saturated heterocycles. The smallest absolute Gasteiger partial charge is 0.103 e. The van der Waals surface area contributed by atoms with E-state index in [9.17, 15) is 0 Å². The maximum absolute atomic E-state index is 7.28. The molecule has 0 spiro atoms. The van der Waals surface area contributed by atoms with Crippen LogP contribution in [0.4, 0.5) is 0 Å². The van der Waals surface area contributed by atoms with Gasteiger partial charge in [-0.1, -0.05) is 6.08 Å². The summed E-state index contributed by atoms with van der Waals surface area (Å²) in [6.07, 6.45) is 4.61. The zero-order valence-corrected chi connectivity index (χ0v) is 5.96. The molecule has 3 heteroatoms. The lowest BCUT2D eigenvalue weighted by Crippen LogP contribution is -1.97. The van der Waals surface area contributed by atoms with Crippen LogP contribution in [0.1, 0.15) is 6.92 Å². The first kappa shape index (κ1) is 8.62. The number of nitrogens with zero attached hydrogens (tertiary/aromatic N) is 1. The topological polar surface area (TPSA) is 62.2 Å². The summed E-state index contributed by atoms with van der Waals surface area (Å²) in [4.78, 5) is 3.54. The van der Waals surface area contributed by atoms with Gasteiger partial charge in [0.05, 0.1) is 5.71 Å². The van der Waals surface area contributed by atoms with E-state index < -0.39 is 0 Å². The molecule has 0 aromatic heterocycles. The Morgan fingerprint density at radius 1 is 1.70 bits per heavy atom. The predicted molar refractivity (Wildman–Crippen MR) is 44.4 cm³/mol. The average molecular weight is 137 g/mol. The summed E-state index contributed by atoms with van der Waals surface area (Å²) in [6, 6.07) is 0. The Balaban J connectivity index is 4.32. The second-order valence-electron chi connectivity index (χ2n) is 1.62. The molecule has 0 aromatic carbocycles. The molecule has 0 amide bonds. The van der Waals surface area contributed by atoms with E-state index in [1.165, 1.54) is 6.20 Å². The van der Waals surface area contributed by atoms with Crippen LogP contribution >= 0.6 is 0 Å². The molecule has 0 aliphatic carbocycles. The van der Waals surface area contributed by atoms with E-state index >= 15 is 0 Å². The molecule has 10 heavy (non-hydrogen) atoms. The third-order valence-corrected chi connectivity index (χ3v) is 0.937. The highest BCUT2D eigenvalue weighted by Crippen LogP contribution is 1.95. The zero-order chi connectivity index (χ0) is 7.98. The molecule has 3 N–H and O–H groups in total. The standard InChI is InChI=1S/C7H11N3/c1-3-4-6(9)7(5-8)10-2/h3-5,9H,2,8H2,1H3/b4-3-,7-5+,9-6?. The summed E-state index contributed by atoms with van der Waals surface area (Å²) in [5, 5.41) is 7.28. The van der Waals surface area contributed by atoms with Crippen molar-refractivity contribution >= 4 is 12.4 Å². The van der Waals surface area contributed by atoms with E-state index in [1.54, 1.807) is 12.2 Å². The lowest BCUT2D eigenvalue weighted by molar-refractivity contribution is 1.37. The van der Waals surface area contributed by atoms with Gasteiger partial charge in [0.15, 0.2) is 0 Å². The lowest BCUT2D eigenvalue weighted by atomic mass is 10.3. The van der Waals surface area contributed by atoms with Crippen LogP contribution in [0.25, 0.3) is 0 Å². The van der Waals surface area contributed by atoms with Crippen molar-refractivity contribution in [3.63, 3.8) is 0 Å². The van der Waals surface area contributed by atoms with Gasteiger partial charge in [0, 0.05) is 6.20 Å². The van der Waals surface area contributed by atoms with Crippen LogP contribution in [-0.2, 0) is 0 Å². The molecule has 0 atom stereocenters. The molecule has 0 heterocycles. The summed E-state index contributed by atoms with van der Waals surface area (Å²) in [7, 11) is 0. The van der Waals surface area contributed by atoms with Crippen LogP contribution in [0.15, 0.2) is 29.0 Å². The van der Waals surface area contributed by atoms with Crippen LogP contribution in [0.2, 0.25) is 0 Å². The molecule has 0 unspecified atom stereocenters. The molecule has 0 rings (SSSR count). The molecular formula is C7H11N3. The van der Waals surface area contributed by atoms with Gasteiger partial charge in [-0.05, 0) is 19.7 Å². The molecule has 0 aromatic rings. The molecule has 0 fully saturated rings. The highest BCUT2D eigenvalue weighted by Gasteiger charge is 1.94. The second kappa shape index (κ2) is 4.49. The first-order valence-electron chi connectivity index (χ1n) is 2.86. The van der Waals surface area contributed by atoms with Crippen LogP contribution in [0, 0.1) is 5.41 Å². The summed E-state index contributed by atoms with van der Waals surface area (Å²) in [6.45, 7) is 5.09. The highest BCUT2D eigenvalue weighted by molar-refractivity contribution is 6.06. The molecule has 0 saturated carbocycles. The predicted octanol–water partition coefficient (Wildman–Crippen LogP) is 1.08. The highest BCUT2D eigenvalue weighted by atomic mass is 14.8. The van der Waals surface area contributed by atoms with Crippen LogP contribution in [0.3, 0.4) is 0 Å². The minimum Gasteiger partial charge on any atom is -0.403 e. The van der Waals surface area contributed by atoms with Gasteiger partial charge in [-0.15, -0.1) is 0 Å². The zero-order valence-electron chi connectivity index (χ0n) is 5.96. The lowest BCUT2D eigenvalue weighted by Gasteiger charge is -1.94. The van der Waals surface area contributed by atoms with Gasteiger partial charge in [-0.3, -0.25) is 10.4 Å². The van der Waals surface area contributed by atoms with Gasteiger partial charge in [-0.25, -0.2) is 0 Å². The van der Waals surface area contributed by atoms with E-state index in [0.717, 1.165) is 0 Å². The Labute approximate surface area is 60.5 Å². The quantitative estimate of drug-likeness (QED) is 0.562. The minimum atomic E-state index is 0.278. The Bertz CT molecular complexity index is 189. The van der Waals surface area contributed by atoms with Crippen molar-refractivity contribution in [2.45, 2.75) is 6.92 Å². The summed E-state index contributed by atoms with van der Waals surface area (Å²) >= 11 is 0. The van der Waals surface area contributed by atoms with Gasteiger partial charge in [0.25, 0.3) is 0 Å².